The van der Waals surface area contributed by atoms with Crippen LogP contribution in [0.15, 0.2) is 54.6 Å². The lowest BCUT2D eigenvalue weighted by molar-refractivity contribution is -0.757. The van der Waals surface area contributed by atoms with Crippen LogP contribution in [-0.4, -0.2) is 73.1 Å². The van der Waals surface area contributed by atoms with Gasteiger partial charge in [-0.05, 0) is 55.5 Å². The number of rotatable bonds is 13. The number of hydrogen-bond acceptors (Lipinski definition) is 7. The van der Waals surface area contributed by atoms with Crippen LogP contribution in [0.5, 0.6) is 5.75 Å². The molecule has 2 aromatic carbocycles. The van der Waals surface area contributed by atoms with Crippen LogP contribution in [0.1, 0.15) is 44.1 Å². The maximum absolute atomic E-state index is 12.2. The number of unbranched alkanes of at least 4 members (excludes halogenated alkanes) is 2. The van der Waals surface area contributed by atoms with Gasteiger partial charge in [-0.15, -0.1) is 10.1 Å². The predicted octanol–water partition coefficient (Wildman–Crippen LogP) is 3.92. The van der Waals surface area contributed by atoms with Gasteiger partial charge in [-0.1, -0.05) is 36.8 Å². The monoisotopic (exact) mass is 526 g/mol. The number of hydrogen-bond donors (Lipinski definition) is 0. The fourth-order valence-electron chi connectivity index (χ4n) is 4.31. The number of piperazine rings is 1. The van der Waals surface area contributed by atoms with Gasteiger partial charge < -0.3 is 24.3 Å². The zero-order valence-electron chi connectivity index (χ0n) is 22.1. The lowest BCUT2D eigenvalue weighted by Crippen LogP contribution is -2.48. The van der Waals surface area contributed by atoms with Crippen molar-refractivity contribution in [2.75, 3.05) is 44.8 Å². The van der Waals surface area contributed by atoms with E-state index >= 15 is 0 Å². The highest BCUT2D eigenvalue weighted by Gasteiger charge is 2.27. The normalized spacial score (nSPS) is 14.7. The largest absolute Gasteiger partial charge is 0.497 e. The maximum atomic E-state index is 12.2. The van der Waals surface area contributed by atoms with E-state index in [-0.39, 0.29) is 12.5 Å². The van der Waals surface area contributed by atoms with E-state index in [2.05, 4.69) is 21.9 Å². The summed E-state index contributed by atoms with van der Waals surface area (Å²) in [5.74, 6) is 0.991. The Morgan fingerprint density at radius 1 is 1.03 bits per heavy atom. The van der Waals surface area contributed by atoms with E-state index in [0.29, 0.717) is 18.9 Å². The Morgan fingerprint density at radius 3 is 2.29 bits per heavy atom. The average molecular weight is 527 g/mol. The van der Waals surface area contributed by atoms with Gasteiger partial charge in [0, 0.05) is 50.9 Å². The van der Waals surface area contributed by atoms with Crippen molar-refractivity contribution in [3.63, 3.8) is 0 Å². The first kappa shape index (κ1) is 28.7. The Balaban J connectivity index is 0.000000256. The first-order chi connectivity index (χ1) is 18.5. The Morgan fingerprint density at radius 2 is 1.71 bits per heavy atom. The Bertz CT molecular complexity index is 992. The van der Waals surface area contributed by atoms with E-state index in [0.717, 1.165) is 63.4 Å². The Kier molecular flexibility index (Phi) is 11.7. The number of nitrogens with zero attached hydrogens (tertiary/aromatic N) is 4. The minimum Gasteiger partial charge on any atom is -0.497 e. The van der Waals surface area contributed by atoms with Crippen molar-refractivity contribution in [3.8, 4) is 5.75 Å². The molecule has 1 heterocycles. The molecule has 2 amide bonds. The third-order valence-electron chi connectivity index (χ3n) is 6.66. The first-order valence-electron chi connectivity index (χ1n) is 13.2. The van der Waals surface area contributed by atoms with Crippen molar-refractivity contribution in [2.24, 2.45) is 0 Å². The van der Waals surface area contributed by atoms with E-state index in [4.69, 9.17) is 4.74 Å². The molecule has 1 saturated carbocycles. The van der Waals surface area contributed by atoms with Crippen molar-refractivity contribution in [3.05, 3.63) is 70.3 Å². The molecule has 2 aliphatic rings. The van der Waals surface area contributed by atoms with Gasteiger partial charge >= 0.3 is 0 Å². The SMILES string of the molecule is COc1ccc(N2CCN(C(=O)CCCCCO[N+](=O)[O-])CC2)cc1.O=CN(Cc1ccccc1)C1CC1. The van der Waals surface area contributed by atoms with Crippen LogP contribution in [0.2, 0.25) is 0 Å². The molecule has 2 aromatic rings. The van der Waals surface area contributed by atoms with E-state index in [1.807, 2.05) is 52.3 Å². The van der Waals surface area contributed by atoms with Crippen LogP contribution in [0, 0.1) is 10.1 Å². The number of carbonyl (C=O) groups excluding carboxylic acids is 2. The molecule has 1 aliphatic carbocycles. The average Bonchev–Trinajstić information content (AvgIpc) is 3.80. The molecule has 10 heteroatoms. The van der Waals surface area contributed by atoms with Gasteiger partial charge in [0.15, 0.2) is 0 Å². The van der Waals surface area contributed by atoms with Crippen LogP contribution < -0.4 is 9.64 Å². The molecule has 4 rings (SSSR count). The molecular formula is C28H38N4O6. The third-order valence-corrected chi connectivity index (χ3v) is 6.66. The Hall–Kier alpha value is -3.82. The van der Waals surface area contributed by atoms with Crippen LogP contribution in [0.25, 0.3) is 0 Å². The zero-order valence-corrected chi connectivity index (χ0v) is 22.1. The lowest BCUT2D eigenvalue weighted by atomic mass is 10.1. The molecule has 0 bridgehead atoms. The minimum atomic E-state index is -0.784. The van der Waals surface area contributed by atoms with E-state index in [9.17, 15) is 19.7 Å². The summed E-state index contributed by atoms with van der Waals surface area (Å²) in [6.45, 7) is 3.92. The molecule has 0 aromatic heterocycles. The molecule has 38 heavy (non-hydrogen) atoms. The van der Waals surface area contributed by atoms with Crippen molar-refractivity contribution in [1.82, 2.24) is 9.80 Å². The summed E-state index contributed by atoms with van der Waals surface area (Å²) < 4.78 is 5.17. The minimum absolute atomic E-state index is 0.0989. The molecule has 0 spiro atoms. The number of ether oxygens (including phenoxy) is 1. The number of anilines is 1. The number of methoxy groups -OCH3 is 1. The highest BCUT2D eigenvalue weighted by molar-refractivity contribution is 5.76. The Labute approximate surface area is 224 Å². The van der Waals surface area contributed by atoms with Gasteiger partial charge in [0.2, 0.25) is 12.3 Å². The lowest BCUT2D eigenvalue weighted by Gasteiger charge is -2.36. The van der Waals surface area contributed by atoms with Crippen LogP contribution in [-0.2, 0) is 21.0 Å². The maximum Gasteiger partial charge on any atom is 0.294 e. The molecule has 0 N–H and O–H groups in total. The second kappa shape index (κ2) is 15.4. The topological polar surface area (TPSA) is 105 Å². The van der Waals surface area contributed by atoms with Gasteiger partial charge in [-0.3, -0.25) is 9.59 Å². The van der Waals surface area contributed by atoms with Gasteiger partial charge in [0.05, 0.1) is 13.7 Å². The van der Waals surface area contributed by atoms with Crippen molar-refractivity contribution in [2.45, 2.75) is 51.1 Å². The van der Waals surface area contributed by atoms with Crippen molar-refractivity contribution in [1.29, 1.82) is 0 Å². The van der Waals surface area contributed by atoms with Gasteiger partial charge in [-0.2, -0.15) is 0 Å². The zero-order chi connectivity index (χ0) is 27.2. The second-order valence-electron chi connectivity index (χ2n) is 9.43. The molecule has 0 radical (unpaired) electrons. The number of benzene rings is 2. The summed E-state index contributed by atoms with van der Waals surface area (Å²) in [6.07, 6.45) is 5.88. The molecule has 0 atom stereocenters. The van der Waals surface area contributed by atoms with Crippen molar-refractivity contribution >= 4 is 18.0 Å². The van der Waals surface area contributed by atoms with E-state index in [1.165, 1.54) is 18.4 Å². The third kappa shape index (κ3) is 9.91. The molecule has 1 aliphatic heterocycles. The quantitative estimate of drug-likeness (QED) is 0.169. The van der Waals surface area contributed by atoms with Crippen LogP contribution in [0.4, 0.5) is 5.69 Å². The summed E-state index contributed by atoms with van der Waals surface area (Å²) in [5, 5.41) is 9.24. The fraction of sp³-hybridized carbons (Fsp3) is 0.500. The van der Waals surface area contributed by atoms with Gasteiger partial charge in [0.1, 0.15) is 5.75 Å². The molecule has 0 unspecified atom stereocenters. The highest BCUT2D eigenvalue weighted by atomic mass is 16.9. The van der Waals surface area contributed by atoms with Gasteiger partial charge in [0.25, 0.3) is 5.09 Å². The summed E-state index contributed by atoms with van der Waals surface area (Å²) in [6, 6.07) is 18.6. The molecule has 10 nitrogen and oxygen atoms in total. The van der Waals surface area contributed by atoms with E-state index < -0.39 is 5.09 Å². The fourth-order valence-corrected chi connectivity index (χ4v) is 4.31. The highest BCUT2D eigenvalue weighted by Crippen LogP contribution is 2.26. The second-order valence-corrected chi connectivity index (χ2v) is 9.43. The smallest absolute Gasteiger partial charge is 0.294 e. The summed E-state index contributed by atoms with van der Waals surface area (Å²) in [5.41, 5.74) is 2.35. The summed E-state index contributed by atoms with van der Waals surface area (Å²) in [7, 11) is 1.65. The van der Waals surface area contributed by atoms with E-state index in [1.54, 1.807) is 7.11 Å². The number of carbonyl (C=O) groups is 2. The summed E-state index contributed by atoms with van der Waals surface area (Å²) >= 11 is 0. The van der Waals surface area contributed by atoms with Gasteiger partial charge in [-0.25, -0.2) is 0 Å². The molecule has 206 valence electrons. The standard InChI is InChI=1S/C17H25N3O5.C11H13NO/c1-24-16-8-6-15(7-9-16)18-10-12-19(13-11-18)17(21)5-3-2-4-14-25-20(22)23;13-9-12(11-6-7-11)8-10-4-2-1-3-5-10/h6-9H,2-5,10-14H2,1H3;1-5,9,11H,6-8H2. The van der Waals surface area contributed by atoms with Crippen LogP contribution in [0.3, 0.4) is 0 Å². The molecule has 1 saturated heterocycles. The number of amides is 2. The summed E-state index contributed by atoms with van der Waals surface area (Å²) in [4.78, 5) is 43.2. The van der Waals surface area contributed by atoms with Crippen molar-refractivity contribution < 1.29 is 24.3 Å². The predicted molar refractivity (Wildman–Crippen MR) is 144 cm³/mol. The molecular weight excluding hydrogens is 488 g/mol. The van der Waals surface area contributed by atoms with Crippen LogP contribution >= 0.6 is 0 Å². The molecule has 2 fully saturated rings. The first-order valence-corrected chi connectivity index (χ1v) is 13.2.